The molecule has 2 aromatic carbocycles. The van der Waals surface area contributed by atoms with Crippen molar-refractivity contribution in [3.8, 4) is 5.75 Å². The zero-order chi connectivity index (χ0) is 18.1. The van der Waals surface area contributed by atoms with Crippen LogP contribution in [0.3, 0.4) is 0 Å². The van der Waals surface area contributed by atoms with Crippen molar-refractivity contribution < 1.29 is 14.3 Å². The minimum absolute atomic E-state index is 0.156. The zero-order valence-corrected chi connectivity index (χ0v) is 14.3. The number of nitrogens with one attached hydrogen (secondary N) is 2. The number of hydrogen-bond donors (Lipinski definition) is 2. The van der Waals surface area contributed by atoms with Crippen LogP contribution < -0.4 is 15.5 Å². The van der Waals surface area contributed by atoms with Crippen LogP contribution in [0.2, 0.25) is 0 Å². The molecule has 0 saturated heterocycles. The SMILES string of the molecule is CCOc1ccccc1C=NNC(=O)CNC(=O)c1cccc(C)c1. The van der Waals surface area contributed by atoms with Gasteiger partial charge in [0, 0.05) is 11.1 Å². The smallest absolute Gasteiger partial charge is 0.259 e. The van der Waals surface area contributed by atoms with Crippen LogP contribution in [0.4, 0.5) is 0 Å². The lowest BCUT2D eigenvalue weighted by Gasteiger charge is -2.06. The number of benzene rings is 2. The van der Waals surface area contributed by atoms with E-state index in [1.54, 1.807) is 18.2 Å². The minimum Gasteiger partial charge on any atom is -0.493 e. The van der Waals surface area contributed by atoms with Gasteiger partial charge >= 0.3 is 0 Å². The van der Waals surface area contributed by atoms with Crippen molar-refractivity contribution in [3.05, 3.63) is 65.2 Å². The molecular weight excluding hydrogens is 318 g/mol. The van der Waals surface area contributed by atoms with Gasteiger partial charge in [-0.3, -0.25) is 9.59 Å². The second-order valence-corrected chi connectivity index (χ2v) is 5.32. The third-order valence-corrected chi connectivity index (χ3v) is 3.30. The number of aryl methyl sites for hydroxylation is 1. The van der Waals surface area contributed by atoms with Crippen molar-refractivity contribution >= 4 is 18.0 Å². The predicted octanol–water partition coefficient (Wildman–Crippen LogP) is 2.27. The Balaban J connectivity index is 1.84. The van der Waals surface area contributed by atoms with Crippen LogP contribution in [0.1, 0.15) is 28.4 Å². The van der Waals surface area contributed by atoms with E-state index in [9.17, 15) is 9.59 Å². The van der Waals surface area contributed by atoms with E-state index in [2.05, 4.69) is 15.8 Å². The van der Waals surface area contributed by atoms with Crippen LogP contribution in [0.25, 0.3) is 0 Å². The molecular formula is C19H21N3O3. The molecule has 2 N–H and O–H groups in total. The lowest BCUT2D eigenvalue weighted by molar-refractivity contribution is -0.120. The highest BCUT2D eigenvalue weighted by Crippen LogP contribution is 2.15. The second kappa shape index (κ2) is 9.22. The maximum absolute atomic E-state index is 12.0. The number of ether oxygens (including phenoxy) is 1. The number of amides is 2. The minimum atomic E-state index is -0.411. The van der Waals surface area contributed by atoms with Crippen molar-refractivity contribution in [1.29, 1.82) is 0 Å². The highest BCUT2D eigenvalue weighted by molar-refractivity contribution is 5.96. The number of hydrazone groups is 1. The summed E-state index contributed by atoms with van der Waals surface area (Å²) in [4.78, 5) is 23.7. The Bertz CT molecular complexity index is 772. The molecule has 0 unspecified atom stereocenters. The van der Waals surface area contributed by atoms with Crippen LogP contribution >= 0.6 is 0 Å². The molecule has 0 aliphatic rings. The quantitative estimate of drug-likeness (QED) is 0.600. The van der Waals surface area contributed by atoms with Crippen molar-refractivity contribution in [2.75, 3.05) is 13.2 Å². The zero-order valence-electron chi connectivity index (χ0n) is 14.3. The Morgan fingerprint density at radius 3 is 2.72 bits per heavy atom. The third-order valence-electron chi connectivity index (χ3n) is 3.30. The van der Waals surface area contributed by atoms with Gasteiger partial charge < -0.3 is 10.1 Å². The lowest BCUT2D eigenvalue weighted by atomic mass is 10.1. The first-order chi connectivity index (χ1) is 12.1. The maximum Gasteiger partial charge on any atom is 0.259 e. The molecule has 2 rings (SSSR count). The summed E-state index contributed by atoms with van der Waals surface area (Å²) in [5.41, 5.74) is 4.63. The molecule has 25 heavy (non-hydrogen) atoms. The molecule has 2 amide bonds. The normalized spacial score (nSPS) is 10.5. The monoisotopic (exact) mass is 339 g/mol. The second-order valence-electron chi connectivity index (χ2n) is 5.32. The van der Waals surface area contributed by atoms with Gasteiger partial charge in [0.25, 0.3) is 11.8 Å². The van der Waals surface area contributed by atoms with Crippen LogP contribution in [0.5, 0.6) is 5.75 Å². The van der Waals surface area contributed by atoms with E-state index in [4.69, 9.17) is 4.74 Å². The summed E-state index contributed by atoms with van der Waals surface area (Å²) in [6, 6.07) is 14.5. The van der Waals surface area contributed by atoms with Gasteiger partial charge in [-0.25, -0.2) is 5.43 Å². The van der Waals surface area contributed by atoms with Gasteiger partial charge in [0.1, 0.15) is 5.75 Å². The molecule has 0 atom stereocenters. The average Bonchev–Trinajstić information content (AvgIpc) is 2.61. The molecule has 0 aliphatic carbocycles. The van der Waals surface area contributed by atoms with Gasteiger partial charge in [0.05, 0.1) is 19.4 Å². The van der Waals surface area contributed by atoms with Gasteiger partial charge in [0.15, 0.2) is 0 Å². The first-order valence-corrected chi connectivity index (χ1v) is 7.98. The Hall–Kier alpha value is -3.15. The Morgan fingerprint density at radius 1 is 1.16 bits per heavy atom. The summed E-state index contributed by atoms with van der Waals surface area (Å²) >= 11 is 0. The van der Waals surface area contributed by atoms with Gasteiger partial charge in [-0.2, -0.15) is 5.10 Å². The van der Waals surface area contributed by atoms with Gasteiger partial charge in [-0.1, -0.05) is 29.8 Å². The van der Waals surface area contributed by atoms with Crippen molar-refractivity contribution in [2.45, 2.75) is 13.8 Å². The average molecular weight is 339 g/mol. The van der Waals surface area contributed by atoms with E-state index in [1.165, 1.54) is 6.21 Å². The summed E-state index contributed by atoms with van der Waals surface area (Å²) < 4.78 is 5.47. The number of rotatable bonds is 7. The molecule has 0 spiro atoms. The molecule has 0 saturated carbocycles. The van der Waals surface area contributed by atoms with E-state index >= 15 is 0 Å². The van der Waals surface area contributed by atoms with E-state index in [0.29, 0.717) is 17.9 Å². The van der Waals surface area contributed by atoms with E-state index in [1.807, 2.05) is 44.2 Å². The Morgan fingerprint density at radius 2 is 1.96 bits per heavy atom. The molecule has 0 fully saturated rings. The number of nitrogens with zero attached hydrogens (tertiary/aromatic N) is 1. The molecule has 0 radical (unpaired) electrons. The van der Waals surface area contributed by atoms with Crippen molar-refractivity contribution in [2.24, 2.45) is 5.10 Å². The van der Waals surface area contributed by atoms with Crippen LogP contribution in [0, 0.1) is 6.92 Å². The topological polar surface area (TPSA) is 79.8 Å². The summed E-state index contributed by atoms with van der Waals surface area (Å²) in [5, 5.41) is 6.45. The van der Waals surface area contributed by atoms with Gasteiger partial charge in [0.2, 0.25) is 0 Å². The molecule has 0 aromatic heterocycles. The molecule has 6 heteroatoms. The van der Waals surface area contributed by atoms with Crippen LogP contribution in [0.15, 0.2) is 53.6 Å². The van der Waals surface area contributed by atoms with Crippen molar-refractivity contribution in [1.82, 2.24) is 10.7 Å². The maximum atomic E-state index is 12.0. The molecule has 0 bridgehead atoms. The molecule has 2 aromatic rings. The third kappa shape index (κ3) is 5.76. The van der Waals surface area contributed by atoms with Gasteiger partial charge in [-0.15, -0.1) is 0 Å². The fourth-order valence-electron chi connectivity index (χ4n) is 2.14. The highest BCUT2D eigenvalue weighted by Gasteiger charge is 2.07. The Kier molecular flexibility index (Phi) is 6.71. The Labute approximate surface area is 146 Å². The first kappa shape index (κ1) is 18.2. The molecule has 6 nitrogen and oxygen atoms in total. The van der Waals surface area contributed by atoms with Crippen molar-refractivity contribution in [3.63, 3.8) is 0 Å². The summed E-state index contributed by atoms with van der Waals surface area (Å²) in [6.07, 6.45) is 1.51. The predicted molar refractivity (Wildman–Crippen MR) is 96.9 cm³/mol. The number of hydrogen-bond acceptors (Lipinski definition) is 4. The fourth-order valence-corrected chi connectivity index (χ4v) is 2.14. The largest absolute Gasteiger partial charge is 0.493 e. The van der Waals surface area contributed by atoms with E-state index in [0.717, 1.165) is 11.1 Å². The number of carbonyl (C=O) groups excluding carboxylic acids is 2. The standard InChI is InChI=1S/C19H21N3O3/c1-3-25-17-10-5-4-8-16(17)12-21-22-18(23)13-20-19(24)15-9-6-7-14(2)11-15/h4-12H,3,13H2,1-2H3,(H,20,24)(H,22,23). The van der Waals surface area contributed by atoms with Crippen LogP contribution in [-0.2, 0) is 4.79 Å². The summed E-state index contributed by atoms with van der Waals surface area (Å²) in [6.45, 7) is 4.18. The highest BCUT2D eigenvalue weighted by atomic mass is 16.5. The molecule has 130 valence electrons. The molecule has 0 aliphatic heterocycles. The fraction of sp³-hybridized carbons (Fsp3) is 0.211. The number of para-hydroxylation sites is 1. The van der Waals surface area contributed by atoms with Gasteiger partial charge in [-0.05, 0) is 38.1 Å². The summed E-state index contributed by atoms with van der Waals surface area (Å²) in [7, 11) is 0. The number of carbonyl (C=O) groups is 2. The summed E-state index contributed by atoms with van der Waals surface area (Å²) in [5.74, 6) is -0.0218. The van der Waals surface area contributed by atoms with E-state index in [-0.39, 0.29) is 12.5 Å². The van der Waals surface area contributed by atoms with Crippen LogP contribution in [-0.4, -0.2) is 31.2 Å². The first-order valence-electron chi connectivity index (χ1n) is 7.98. The molecule has 0 heterocycles. The van der Waals surface area contributed by atoms with E-state index < -0.39 is 5.91 Å². The lowest BCUT2D eigenvalue weighted by Crippen LogP contribution is -2.34.